The van der Waals surface area contributed by atoms with Crippen LogP contribution in [0.1, 0.15) is 36.8 Å². The normalized spacial score (nSPS) is 19.7. The molecule has 0 saturated carbocycles. The number of hydrogen-bond donors (Lipinski definition) is 0. The SMILES string of the molecule is Cc1ccc(C(C#N)N2CCCCC2)o1. The third kappa shape index (κ3) is 2.21. The van der Waals surface area contributed by atoms with E-state index in [0.717, 1.165) is 24.6 Å². The smallest absolute Gasteiger partial charge is 0.156 e. The van der Waals surface area contributed by atoms with Crippen LogP contribution in [0.5, 0.6) is 0 Å². The molecule has 0 amide bonds. The third-order valence-electron chi connectivity index (χ3n) is 2.91. The fourth-order valence-electron chi connectivity index (χ4n) is 2.10. The lowest BCUT2D eigenvalue weighted by Crippen LogP contribution is -2.32. The summed E-state index contributed by atoms with van der Waals surface area (Å²) in [4.78, 5) is 2.21. The van der Waals surface area contributed by atoms with Crippen LogP contribution in [0, 0.1) is 18.3 Å². The molecule has 0 spiro atoms. The second kappa shape index (κ2) is 4.50. The van der Waals surface area contributed by atoms with E-state index in [9.17, 15) is 5.26 Å². The van der Waals surface area contributed by atoms with E-state index in [1.165, 1.54) is 19.3 Å². The first kappa shape index (κ1) is 10.3. The summed E-state index contributed by atoms with van der Waals surface area (Å²) in [6.07, 6.45) is 3.67. The molecular weight excluding hydrogens is 188 g/mol. The molecule has 0 aromatic carbocycles. The fourth-order valence-corrected chi connectivity index (χ4v) is 2.10. The van der Waals surface area contributed by atoms with Gasteiger partial charge in [-0.15, -0.1) is 0 Å². The Kier molecular flexibility index (Phi) is 3.08. The van der Waals surface area contributed by atoms with Crippen LogP contribution >= 0.6 is 0 Å². The van der Waals surface area contributed by atoms with Gasteiger partial charge in [-0.25, -0.2) is 0 Å². The van der Waals surface area contributed by atoms with Gasteiger partial charge in [-0.1, -0.05) is 6.42 Å². The topological polar surface area (TPSA) is 40.2 Å². The number of piperidine rings is 1. The maximum Gasteiger partial charge on any atom is 0.156 e. The first-order valence-electron chi connectivity index (χ1n) is 5.51. The van der Waals surface area contributed by atoms with Gasteiger partial charge in [0.1, 0.15) is 11.5 Å². The Morgan fingerprint density at radius 1 is 1.33 bits per heavy atom. The van der Waals surface area contributed by atoms with Gasteiger partial charge in [-0.2, -0.15) is 5.26 Å². The van der Waals surface area contributed by atoms with E-state index < -0.39 is 0 Å². The Hall–Kier alpha value is -1.27. The van der Waals surface area contributed by atoms with Crippen molar-refractivity contribution in [2.24, 2.45) is 0 Å². The molecule has 1 aliphatic rings. The quantitative estimate of drug-likeness (QED) is 0.743. The van der Waals surface area contributed by atoms with Crippen LogP contribution in [0.3, 0.4) is 0 Å². The molecule has 1 atom stereocenters. The van der Waals surface area contributed by atoms with Gasteiger partial charge in [-0.05, 0) is 45.0 Å². The molecule has 1 aromatic heterocycles. The molecule has 1 aliphatic heterocycles. The molecule has 2 heterocycles. The van der Waals surface area contributed by atoms with Crippen molar-refractivity contribution in [3.05, 3.63) is 23.7 Å². The number of likely N-dealkylation sites (tertiary alicyclic amines) is 1. The van der Waals surface area contributed by atoms with Crippen molar-refractivity contribution in [2.75, 3.05) is 13.1 Å². The summed E-state index contributed by atoms with van der Waals surface area (Å²) in [5, 5.41) is 9.19. The zero-order valence-electron chi connectivity index (χ0n) is 9.07. The molecule has 0 bridgehead atoms. The summed E-state index contributed by atoms with van der Waals surface area (Å²) in [7, 11) is 0. The third-order valence-corrected chi connectivity index (χ3v) is 2.91. The van der Waals surface area contributed by atoms with Gasteiger partial charge in [0.05, 0.1) is 6.07 Å². The molecular formula is C12H16N2O. The Bertz CT molecular complexity index is 358. The predicted octanol–water partition coefficient (Wildman–Crippen LogP) is 2.64. The lowest BCUT2D eigenvalue weighted by molar-refractivity contribution is 0.178. The summed E-state index contributed by atoms with van der Waals surface area (Å²) in [5.74, 6) is 1.67. The van der Waals surface area contributed by atoms with Crippen LogP contribution in [0.15, 0.2) is 16.5 Å². The van der Waals surface area contributed by atoms with Crippen LogP contribution in [0.25, 0.3) is 0 Å². The standard InChI is InChI=1S/C12H16N2O/c1-10-5-6-12(15-10)11(9-13)14-7-3-2-4-8-14/h5-6,11H,2-4,7-8H2,1H3. The zero-order chi connectivity index (χ0) is 10.7. The fraction of sp³-hybridized carbons (Fsp3) is 0.583. The van der Waals surface area contributed by atoms with E-state index >= 15 is 0 Å². The van der Waals surface area contributed by atoms with Gasteiger partial charge in [0.25, 0.3) is 0 Å². The molecule has 1 saturated heterocycles. The highest BCUT2D eigenvalue weighted by molar-refractivity contribution is 5.16. The highest BCUT2D eigenvalue weighted by Crippen LogP contribution is 2.25. The monoisotopic (exact) mass is 204 g/mol. The van der Waals surface area contributed by atoms with Crippen molar-refractivity contribution in [2.45, 2.75) is 32.2 Å². The first-order valence-corrected chi connectivity index (χ1v) is 5.51. The number of nitrogens with zero attached hydrogens (tertiary/aromatic N) is 2. The summed E-state index contributed by atoms with van der Waals surface area (Å²) in [6.45, 7) is 3.93. The molecule has 3 heteroatoms. The van der Waals surface area contributed by atoms with Crippen LogP contribution in [0.4, 0.5) is 0 Å². The van der Waals surface area contributed by atoms with Crippen LogP contribution in [0.2, 0.25) is 0 Å². The summed E-state index contributed by atoms with van der Waals surface area (Å²) in [6, 6.07) is 5.97. The van der Waals surface area contributed by atoms with E-state index in [1.807, 2.05) is 19.1 Å². The van der Waals surface area contributed by atoms with Gasteiger partial charge in [0.2, 0.25) is 0 Å². The largest absolute Gasteiger partial charge is 0.464 e. The molecule has 1 fully saturated rings. The van der Waals surface area contributed by atoms with E-state index in [-0.39, 0.29) is 6.04 Å². The summed E-state index contributed by atoms with van der Waals surface area (Å²) >= 11 is 0. The van der Waals surface area contributed by atoms with Crippen LogP contribution in [-0.4, -0.2) is 18.0 Å². The van der Waals surface area contributed by atoms with Gasteiger partial charge < -0.3 is 4.42 Å². The average Bonchev–Trinajstić information content (AvgIpc) is 2.68. The van der Waals surface area contributed by atoms with Crippen molar-refractivity contribution >= 4 is 0 Å². The number of hydrogen-bond acceptors (Lipinski definition) is 3. The number of nitriles is 1. The molecule has 0 radical (unpaired) electrons. The summed E-state index contributed by atoms with van der Waals surface area (Å²) in [5.41, 5.74) is 0. The Morgan fingerprint density at radius 2 is 2.07 bits per heavy atom. The van der Waals surface area contributed by atoms with Crippen molar-refractivity contribution in [3.8, 4) is 6.07 Å². The van der Waals surface area contributed by atoms with Crippen molar-refractivity contribution in [1.29, 1.82) is 5.26 Å². The number of furan rings is 1. The van der Waals surface area contributed by atoms with Gasteiger partial charge in [0, 0.05) is 0 Å². The molecule has 0 aliphatic carbocycles. The molecule has 2 rings (SSSR count). The predicted molar refractivity (Wildman–Crippen MR) is 57.2 cm³/mol. The van der Waals surface area contributed by atoms with E-state index in [1.54, 1.807) is 0 Å². The first-order chi connectivity index (χ1) is 7.31. The lowest BCUT2D eigenvalue weighted by Gasteiger charge is -2.29. The van der Waals surface area contributed by atoms with E-state index in [2.05, 4.69) is 11.0 Å². The van der Waals surface area contributed by atoms with Crippen molar-refractivity contribution in [3.63, 3.8) is 0 Å². The van der Waals surface area contributed by atoms with Gasteiger partial charge in [-0.3, -0.25) is 4.90 Å². The molecule has 0 N–H and O–H groups in total. The molecule has 3 nitrogen and oxygen atoms in total. The highest BCUT2D eigenvalue weighted by atomic mass is 16.3. The molecule has 80 valence electrons. The maximum absolute atomic E-state index is 9.19. The van der Waals surface area contributed by atoms with Gasteiger partial charge >= 0.3 is 0 Å². The zero-order valence-corrected chi connectivity index (χ0v) is 9.07. The van der Waals surface area contributed by atoms with Crippen molar-refractivity contribution in [1.82, 2.24) is 4.90 Å². The Balaban J connectivity index is 2.13. The maximum atomic E-state index is 9.19. The highest BCUT2D eigenvalue weighted by Gasteiger charge is 2.24. The average molecular weight is 204 g/mol. The Morgan fingerprint density at radius 3 is 2.60 bits per heavy atom. The second-order valence-electron chi connectivity index (χ2n) is 4.08. The molecule has 1 unspecified atom stereocenters. The van der Waals surface area contributed by atoms with Gasteiger partial charge in [0.15, 0.2) is 6.04 Å². The Labute approximate surface area is 90.3 Å². The summed E-state index contributed by atoms with van der Waals surface area (Å²) < 4.78 is 5.53. The minimum Gasteiger partial charge on any atom is -0.464 e. The molecule has 15 heavy (non-hydrogen) atoms. The number of aryl methyl sites for hydroxylation is 1. The second-order valence-corrected chi connectivity index (χ2v) is 4.08. The lowest BCUT2D eigenvalue weighted by atomic mass is 10.1. The van der Waals surface area contributed by atoms with Crippen molar-refractivity contribution < 1.29 is 4.42 Å². The molecule has 1 aromatic rings. The van der Waals surface area contributed by atoms with E-state index in [0.29, 0.717) is 0 Å². The van der Waals surface area contributed by atoms with Crippen LogP contribution in [-0.2, 0) is 0 Å². The minimum absolute atomic E-state index is 0.195. The van der Waals surface area contributed by atoms with E-state index in [4.69, 9.17) is 4.42 Å². The minimum atomic E-state index is -0.195. The van der Waals surface area contributed by atoms with Crippen LogP contribution < -0.4 is 0 Å². The number of rotatable bonds is 2.